The van der Waals surface area contributed by atoms with Gasteiger partial charge in [0.2, 0.25) is 10.0 Å². The van der Waals surface area contributed by atoms with Crippen LogP contribution in [0.5, 0.6) is 5.75 Å². The van der Waals surface area contributed by atoms with Gasteiger partial charge in [-0.3, -0.25) is 9.63 Å². The Bertz CT molecular complexity index is 690. The van der Waals surface area contributed by atoms with Crippen LogP contribution < -0.4 is 10.2 Å². The lowest BCUT2D eigenvalue weighted by atomic mass is 10.1. The number of sulfonamides is 1. The van der Waals surface area contributed by atoms with Gasteiger partial charge >= 0.3 is 0 Å². The summed E-state index contributed by atoms with van der Waals surface area (Å²) in [5, 5.41) is 0. The molecule has 1 saturated heterocycles. The molecule has 0 saturated carbocycles. The van der Waals surface area contributed by atoms with E-state index in [2.05, 4.69) is 5.48 Å². The number of amides is 1. The number of ether oxygens (including phenoxy) is 1. The number of nitrogens with one attached hydrogen (secondary N) is 1. The van der Waals surface area contributed by atoms with Crippen LogP contribution in [0.2, 0.25) is 0 Å². The minimum absolute atomic E-state index is 0.00268. The minimum atomic E-state index is -3.74. The lowest BCUT2D eigenvalue weighted by Crippen LogP contribution is -2.42. The van der Waals surface area contributed by atoms with E-state index in [-0.39, 0.29) is 22.3 Å². The van der Waals surface area contributed by atoms with Crippen molar-refractivity contribution in [2.75, 3.05) is 20.3 Å². The van der Waals surface area contributed by atoms with Crippen LogP contribution in [0.4, 0.5) is 0 Å². The summed E-state index contributed by atoms with van der Waals surface area (Å²) < 4.78 is 32.8. The third kappa shape index (κ3) is 3.88. The largest absolute Gasteiger partial charge is 0.495 e. The van der Waals surface area contributed by atoms with Crippen LogP contribution in [-0.2, 0) is 14.9 Å². The van der Waals surface area contributed by atoms with Crippen LogP contribution in [0, 0.1) is 0 Å². The molecule has 1 fully saturated rings. The number of hydrogen-bond acceptors (Lipinski definition) is 5. The number of hydrogen-bond donors (Lipinski definition) is 1. The first-order valence-corrected chi connectivity index (χ1v) is 9.47. The Kier molecular flexibility index (Phi) is 6.20. The van der Waals surface area contributed by atoms with Gasteiger partial charge in [0.1, 0.15) is 10.6 Å². The second-order valence-electron chi connectivity index (χ2n) is 5.69. The van der Waals surface area contributed by atoms with Gasteiger partial charge in [-0.05, 0) is 44.9 Å². The first-order chi connectivity index (χ1) is 11.4. The van der Waals surface area contributed by atoms with E-state index in [1.165, 1.54) is 29.6 Å². The number of piperidine rings is 1. The van der Waals surface area contributed by atoms with Crippen molar-refractivity contribution >= 4 is 15.9 Å². The molecule has 1 aliphatic heterocycles. The van der Waals surface area contributed by atoms with E-state index in [9.17, 15) is 13.2 Å². The molecular formula is C16H24N2O5S. The molecule has 0 aromatic heterocycles. The topological polar surface area (TPSA) is 84.9 Å². The molecule has 0 bridgehead atoms. The molecule has 1 aromatic rings. The quantitative estimate of drug-likeness (QED) is 0.788. The summed E-state index contributed by atoms with van der Waals surface area (Å²) in [5.74, 6) is -0.275. The SMILES string of the molecule is CCONC(=O)c1ccc(OC)c(S(=O)(=O)N2CCCCC2C)c1. The maximum Gasteiger partial charge on any atom is 0.274 e. The zero-order chi connectivity index (χ0) is 17.7. The Morgan fingerprint density at radius 1 is 1.38 bits per heavy atom. The van der Waals surface area contributed by atoms with Gasteiger partial charge < -0.3 is 4.74 Å². The van der Waals surface area contributed by atoms with Gasteiger partial charge in [-0.1, -0.05) is 6.42 Å². The highest BCUT2D eigenvalue weighted by Gasteiger charge is 2.33. The molecule has 2 rings (SSSR count). The zero-order valence-corrected chi connectivity index (χ0v) is 15.1. The fourth-order valence-corrected chi connectivity index (χ4v) is 4.65. The third-order valence-electron chi connectivity index (χ3n) is 4.06. The number of rotatable bonds is 6. The molecule has 24 heavy (non-hydrogen) atoms. The molecule has 1 heterocycles. The van der Waals surface area contributed by atoms with Crippen molar-refractivity contribution in [2.24, 2.45) is 0 Å². The average molecular weight is 356 g/mol. The fourth-order valence-electron chi connectivity index (χ4n) is 2.77. The van der Waals surface area contributed by atoms with Crippen LogP contribution >= 0.6 is 0 Å². The van der Waals surface area contributed by atoms with E-state index < -0.39 is 15.9 Å². The molecule has 134 valence electrons. The Hall–Kier alpha value is -1.64. The normalized spacial score (nSPS) is 19.0. The van der Waals surface area contributed by atoms with Crippen molar-refractivity contribution in [3.8, 4) is 5.75 Å². The van der Waals surface area contributed by atoms with Crippen molar-refractivity contribution in [3.63, 3.8) is 0 Å². The van der Waals surface area contributed by atoms with Crippen molar-refractivity contribution < 1.29 is 22.8 Å². The molecule has 0 aliphatic carbocycles. The molecule has 0 spiro atoms. The highest BCUT2D eigenvalue weighted by molar-refractivity contribution is 7.89. The molecular weight excluding hydrogens is 332 g/mol. The molecule has 1 aliphatic rings. The maximum atomic E-state index is 13.0. The number of methoxy groups -OCH3 is 1. The maximum absolute atomic E-state index is 13.0. The monoisotopic (exact) mass is 356 g/mol. The zero-order valence-electron chi connectivity index (χ0n) is 14.2. The van der Waals surface area contributed by atoms with Gasteiger partial charge in [-0.15, -0.1) is 0 Å². The lowest BCUT2D eigenvalue weighted by Gasteiger charge is -2.32. The smallest absolute Gasteiger partial charge is 0.274 e. The van der Waals surface area contributed by atoms with E-state index >= 15 is 0 Å². The van der Waals surface area contributed by atoms with Gasteiger partial charge in [-0.2, -0.15) is 4.31 Å². The van der Waals surface area contributed by atoms with Gasteiger partial charge in [-0.25, -0.2) is 13.9 Å². The lowest BCUT2D eigenvalue weighted by molar-refractivity contribution is 0.0364. The molecule has 1 amide bonds. The van der Waals surface area contributed by atoms with Crippen LogP contribution in [0.15, 0.2) is 23.1 Å². The minimum Gasteiger partial charge on any atom is -0.495 e. The van der Waals surface area contributed by atoms with Crippen LogP contribution in [0.1, 0.15) is 43.5 Å². The molecule has 1 aromatic carbocycles. The third-order valence-corrected chi connectivity index (χ3v) is 6.10. The molecule has 1 N–H and O–H groups in total. The van der Waals surface area contributed by atoms with E-state index in [0.29, 0.717) is 13.2 Å². The molecule has 7 nitrogen and oxygen atoms in total. The second kappa shape index (κ2) is 7.96. The van der Waals surface area contributed by atoms with E-state index in [1.54, 1.807) is 6.92 Å². The number of carbonyl (C=O) groups is 1. The van der Waals surface area contributed by atoms with Crippen molar-refractivity contribution in [1.29, 1.82) is 0 Å². The standard InChI is InChI=1S/C16H24N2O5S/c1-4-23-17-16(19)13-8-9-14(22-3)15(11-13)24(20,21)18-10-6-5-7-12(18)2/h8-9,11-12H,4-7,10H2,1-3H3,(H,17,19). The Balaban J connectivity index is 2.41. The number of nitrogens with zero attached hydrogens (tertiary/aromatic N) is 1. The summed E-state index contributed by atoms with van der Waals surface area (Å²) in [4.78, 5) is 16.9. The fraction of sp³-hybridized carbons (Fsp3) is 0.562. The predicted molar refractivity (Wildman–Crippen MR) is 89.3 cm³/mol. The van der Waals surface area contributed by atoms with Gasteiger partial charge in [0, 0.05) is 18.2 Å². The van der Waals surface area contributed by atoms with Gasteiger partial charge in [0.25, 0.3) is 5.91 Å². The summed E-state index contributed by atoms with van der Waals surface area (Å²) in [6.45, 7) is 4.43. The molecule has 0 radical (unpaired) electrons. The van der Waals surface area contributed by atoms with E-state index in [0.717, 1.165) is 19.3 Å². The predicted octanol–water partition coefficient (Wildman–Crippen LogP) is 1.94. The number of hydroxylamine groups is 1. The summed E-state index contributed by atoms with van der Waals surface area (Å²) in [6, 6.07) is 4.26. The van der Waals surface area contributed by atoms with Crippen LogP contribution in [0.3, 0.4) is 0 Å². The second-order valence-corrected chi connectivity index (χ2v) is 7.55. The summed E-state index contributed by atoms with van der Waals surface area (Å²) in [7, 11) is -2.33. The average Bonchev–Trinajstić information content (AvgIpc) is 2.59. The highest BCUT2D eigenvalue weighted by Crippen LogP contribution is 2.31. The summed E-state index contributed by atoms with van der Waals surface area (Å²) in [6.07, 6.45) is 2.67. The highest BCUT2D eigenvalue weighted by atomic mass is 32.2. The number of benzene rings is 1. The molecule has 8 heteroatoms. The van der Waals surface area contributed by atoms with Crippen LogP contribution in [0.25, 0.3) is 0 Å². The summed E-state index contributed by atoms with van der Waals surface area (Å²) >= 11 is 0. The van der Waals surface area contributed by atoms with Crippen molar-refractivity contribution in [3.05, 3.63) is 23.8 Å². The van der Waals surface area contributed by atoms with Crippen molar-refractivity contribution in [1.82, 2.24) is 9.79 Å². The van der Waals surface area contributed by atoms with Gasteiger partial charge in [0.05, 0.1) is 13.7 Å². The van der Waals surface area contributed by atoms with Gasteiger partial charge in [0.15, 0.2) is 0 Å². The van der Waals surface area contributed by atoms with E-state index in [4.69, 9.17) is 9.57 Å². The van der Waals surface area contributed by atoms with Crippen molar-refractivity contribution in [2.45, 2.75) is 44.0 Å². The first kappa shape index (κ1) is 18.7. The number of carbonyl (C=O) groups excluding carboxylic acids is 1. The Morgan fingerprint density at radius 3 is 2.75 bits per heavy atom. The Morgan fingerprint density at radius 2 is 2.12 bits per heavy atom. The van der Waals surface area contributed by atoms with E-state index in [1.807, 2.05) is 6.92 Å². The molecule has 1 atom stereocenters. The first-order valence-electron chi connectivity index (χ1n) is 8.03. The Labute approximate surface area is 142 Å². The molecule has 1 unspecified atom stereocenters. The summed E-state index contributed by atoms with van der Waals surface area (Å²) in [5.41, 5.74) is 2.47. The van der Waals surface area contributed by atoms with Crippen LogP contribution in [-0.4, -0.2) is 44.9 Å².